The molecule has 0 fully saturated rings. The van der Waals surface area contributed by atoms with Gasteiger partial charge in [0.25, 0.3) is 0 Å². The first-order chi connectivity index (χ1) is 15.5. The summed E-state index contributed by atoms with van der Waals surface area (Å²) in [4.78, 5) is 15.7. The number of fused-ring (bicyclic) bond motifs is 1. The fraction of sp³-hybridized carbons (Fsp3) is 0.182. The fourth-order valence-electron chi connectivity index (χ4n) is 3.30. The minimum Gasteiger partial charge on any atom is -0.488 e. The molecule has 0 amide bonds. The van der Waals surface area contributed by atoms with Crippen LogP contribution in [0.25, 0.3) is 21.5 Å². The summed E-state index contributed by atoms with van der Waals surface area (Å²) in [5.74, 6) is -4.12. The highest BCUT2D eigenvalue weighted by molar-refractivity contribution is 7.15. The number of benzene rings is 2. The predicted octanol–water partition coefficient (Wildman–Crippen LogP) is 6.03. The van der Waals surface area contributed by atoms with Gasteiger partial charge in [0, 0.05) is 17.8 Å². The summed E-state index contributed by atoms with van der Waals surface area (Å²) in [5.41, 5.74) is -0.916. The lowest BCUT2D eigenvalue weighted by Gasteiger charge is -2.09. The molecule has 0 aliphatic heterocycles. The van der Waals surface area contributed by atoms with E-state index in [0.717, 1.165) is 22.8 Å². The number of aliphatic carboxylic acids is 1. The lowest BCUT2D eigenvalue weighted by atomic mass is 10.1. The van der Waals surface area contributed by atoms with Crippen molar-refractivity contribution in [2.45, 2.75) is 26.3 Å². The minimum atomic E-state index is -5.01. The van der Waals surface area contributed by atoms with Gasteiger partial charge in [-0.3, -0.25) is 4.79 Å². The van der Waals surface area contributed by atoms with Crippen LogP contribution in [0, 0.1) is 18.6 Å². The number of halogens is 5. The molecule has 4 rings (SSSR count). The number of hydrogen-bond acceptors (Lipinski definition) is 4. The van der Waals surface area contributed by atoms with Crippen molar-refractivity contribution < 1.29 is 36.6 Å². The second kappa shape index (κ2) is 8.47. The Morgan fingerprint density at radius 2 is 1.91 bits per heavy atom. The summed E-state index contributed by atoms with van der Waals surface area (Å²) in [5, 5.41) is 9.88. The molecule has 11 heteroatoms. The lowest BCUT2D eigenvalue weighted by Crippen LogP contribution is -2.10. The third kappa shape index (κ3) is 4.54. The first-order valence-corrected chi connectivity index (χ1v) is 10.3. The smallest absolute Gasteiger partial charge is 0.419 e. The van der Waals surface area contributed by atoms with Crippen LogP contribution in [-0.2, 0) is 24.1 Å². The Kier molecular flexibility index (Phi) is 5.83. The summed E-state index contributed by atoms with van der Waals surface area (Å²) in [6.07, 6.45) is -3.35. The van der Waals surface area contributed by atoms with Gasteiger partial charge in [0.15, 0.2) is 11.6 Å². The van der Waals surface area contributed by atoms with Crippen molar-refractivity contribution >= 4 is 28.2 Å². The summed E-state index contributed by atoms with van der Waals surface area (Å²) in [7, 11) is 0. The Balaban J connectivity index is 1.57. The van der Waals surface area contributed by atoms with Gasteiger partial charge in [-0.1, -0.05) is 0 Å². The largest absolute Gasteiger partial charge is 0.488 e. The highest BCUT2D eigenvalue weighted by atomic mass is 32.1. The average Bonchev–Trinajstić information content (AvgIpc) is 3.30. The molecule has 4 aromatic rings. The lowest BCUT2D eigenvalue weighted by molar-refractivity contribution is -0.140. The third-order valence-electron chi connectivity index (χ3n) is 4.93. The summed E-state index contributed by atoms with van der Waals surface area (Å²) < 4.78 is 74.0. The quantitative estimate of drug-likeness (QED) is 0.341. The Labute approximate surface area is 187 Å². The number of alkyl halides is 3. The van der Waals surface area contributed by atoms with Crippen molar-refractivity contribution in [3.05, 3.63) is 70.4 Å². The van der Waals surface area contributed by atoms with Crippen LogP contribution in [0.1, 0.15) is 16.1 Å². The van der Waals surface area contributed by atoms with Crippen molar-refractivity contribution in [2.24, 2.45) is 0 Å². The molecule has 172 valence electrons. The molecule has 0 saturated heterocycles. The number of rotatable bonds is 6. The number of ether oxygens (including phenoxy) is 1. The highest BCUT2D eigenvalue weighted by Crippen LogP contribution is 2.37. The van der Waals surface area contributed by atoms with Crippen molar-refractivity contribution in [2.75, 3.05) is 0 Å². The maximum absolute atomic E-state index is 14.3. The molecular weight excluding hydrogens is 467 g/mol. The van der Waals surface area contributed by atoms with Crippen LogP contribution in [0.15, 0.2) is 42.6 Å². The second-order valence-electron chi connectivity index (χ2n) is 7.16. The van der Waals surface area contributed by atoms with E-state index in [0.29, 0.717) is 27.9 Å². The first kappa shape index (κ1) is 22.7. The van der Waals surface area contributed by atoms with Gasteiger partial charge in [0.1, 0.15) is 23.9 Å². The predicted molar refractivity (Wildman–Crippen MR) is 111 cm³/mol. The number of nitrogens with zero attached hydrogens (tertiary/aromatic N) is 2. The molecule has 0 unspecified atom stereocenters. The van der Waals surface area contributed by atoms with E-state index >= 15 is 0 Å². The van der Waals surface area contributed by atoms with Gasteiger partial charge >= 0.3 is 12.1 Å². The molecular formula is C22H15F5N2O3S. The number of thiazole rings is 1. The number of carboxylic acid groups (broad SMARTS) is 1. The Morgan fingerprint density at radius 1 is 1.15 bits per heavy atom. The molecule has 0 bridgehead atoms. The minimum absolute atomic E-state index is 0.0272. The zero-order chi connectivity index (χ0) is 23.9. The van der Waals surface area contributed by atoms with Crippen LogP contribution in [-0.4, -0.2) is 20.6 Å². The number of hydrogen-bond donors (Lipinski definition) is 1. The van der Waals surface area contributed by atoms with Gasteiger partial charge in [-0.2, -0.15) is 13.2 Å². The van der Waals surface area contributed by atoms with E-state index in [-0.39, 0.29) is 23.7 Å². The van der Waals surface area contributed by atoms with E-state index in [1.54, 1.807) is 42.0 Å². The van der Waals surface area contributed by atoms with E-state index in [1.807, 2.05) is 0 Å². The molecule has 0 saturated carbocycles. The maximum atomic E-state index is 14.3. The second-order valence-corrected chi connectivity index (χ2v) is 8.24. The van der Waals surface area contributed by atoms with E-state index in [4.69, 9.17) is 9.84 Å². The topological polar surface area (TPSA) is 64.4 Å². The van der Waals surface area contributed by atoms with Gasteiger partial charge < -0.3 is 14.4 Å². The van der Waals surface area contributed by atoms with Gasteiger partial charge in [0.2, 0.25) is 0 Å². The van der Waals surface area contributed by atoms with E-state index in [9.17, 15) is 26.7 Å². The van der Waals surface area contributed by atoms with Gasteiger partial charge in [0.05, 0.1) is 21.7 Å². The van der Waals surface area contributed by atoms with Crippen LogP contribution < -0.4 is 4.74 Å². The zero-order valence-electron chi connectivity index (χ0n) is 16.9. The number of aromatic nitrogens is 2. The van der Waals surface area contributed by atoms with E-state index < -0.39 is 29.3 Å². The van der Waals surface area contributed by atoms with Crippen LogP contribution in [0.5, 0.6) is 5.75 Å². The molecule has 5 nitrogen and oxygen atoms in total. The van der Waals surface area contributed by atoms with Crippen LogP contribution in [0.4, 0.5) is 22.0 Å². The number of carbonyl (C=O) groups is 1. The molecule has 2 heterocycles. The molecule has 0 atom stereocenters. The zero-order valence-corrected chi connectivity index (χ0v) is 17.7. The summed E-state index contributed by atoms with van der Waals surface area (Å²) in [6, 6.07) is 8.28. The third-order valence-corrected chi connectivity index (χ3v) is 6.10. The van der Waals surface area contributed by atoms with Gasteiger partial charge in [-0.25, -0.2) is 13.8 Å². The molecule has 0 spiro atoms. The van der Waals surface area contributed by atoms with Crippen molar-refractivity contribution in [1.82, 2.24) is 9.55 Å². The van der Waals surface area contributed by atoms with E-state index in [2.05, 4.69) is 4.98 Å². The Morgan fingerprint density at radius 3 is 2.61 bits per heavy atom. The highest BCUT2D eigenvalue weighted by Gasteiger charge is 2.36. The van der Waals surface area contributed by atoms with Crippen molar-refractivity contribution in [3.63, 3.8) is 0 Å². The van der Waals surface area contributed by atoms with Crippen molar-refractivity contribution in [1.29, 1.82) is 0 Å². The normalized spacial score (nSPS) is 11.8. The van der Waals surface area contributed by atoms with Crippen LogP contribution in [0.2, 0.25) is 0 Å². The maximum Gasteiger partial charge on any atom is 0.419 e. The molecule has 33 heavy (non-hydrogen) atoms. The Bertz CT molecular complexity index is 1360. The SMILES string of the molecule is Cc1nc(-c2ccc(C(F)(F)F)c(F)c2F)sc1COc1ccc2ccn(CC(=O)O)c2c1. The standard InChI is InChI=1S/C22H15F5N2O3S/c1-11-17(10-32-13-3-2-12-6-7-29(9-18(30)31)16(12)8-13)33-21(28-11)14-4-5-15(22(25,26)27)20(24)19(14)23/h2-8H,9-10H2,1H3,(H,30,31). The first-order valence-electron chi connectivity index (χ1n) is 9.50. The molecule has 2 aromatic heterocycles. The van der Waals surface area contributed by atoms with E-state index in [1.165, 1.54) is 0 Å². The summed E-state index contributed by atoms with van der Waals surface area (Å²) >= 11 is 0.978. The monoisotopic (exact) mass is 482 g/mol. The molecule has 0 radical (unpaired) electrons. The van der Waals surface area contributed by atoms with Crippen LogP contribution >= 0.6 is 11.3 Å². The fourth-order valence-corrected chi connectivity index (χ4v) is 4.29. The summed E-state index contributed by atoms with van der Waals surface area (Å²) in [6.45, 7) is 1.44. The number of carboxylic acids is 1. The molecule has 0 aliphatic rings. The average molecular weight is 482 g/mol. The van der Waals surface area contributed by atoms with Crippen LogP contribution in [0.3, 0.4) is 0 Å². The van der Waals surface area contributed by atoms with Gasteiger partial charge in [-0.05, 0) is 42.6 Å². The molecule has 2 aromatic carbocycles. The molecule has 0 aliphatic carbocycles. The Hall–Kier alpha value is -3.47. The van der Waals surface area contributed by atoms with Crippen molar-refractivity contribution in [3.8, 4) is 16.3 Å². The molecule has 1 N–H and O–H groups in total. The van der Waals surface area contributed by atoms with Gasteiger partial charge in [-0.15, -0.1) is 11.3 Å². The number of aryl methyl sites for hydroxylation is 1.